The largest absolute Gasteiger partial charge is 0.465 e. The van der Waals surface area contributed by atoms with Crippen molar-refractivity contribution in [3.63, 3.8) is 0 Å². The third-order valence-corrected chi connectivity index (χ3v) is 5.28. The van der Waals surface area contributed by atoms with Crippen LogP contribution in [0.2, 0.25) is 0 Å². The summed E-state index contributed by atoms with van der Waals surface area (Å²) in [6.45, 7) is 5.49. The number of nitrogens with zero attached hydrogens (tertiary/aromatic N) is 2. The van der Waals surface area contributed by atoms with E-state index < -0.39 is 6.09 Å². The van der Waals surface area contributed by atoms with E-state index in [4.69, 9.17) is 9.84 Å². The van der Waals surface area contributed by atoms with Crippen molar-refractivity contribution in [2.75, 3.05) is 26.2 Å². The Hall–Kier alpha value is -2.50. The first kappa shape index (κ1) is 18.3. The minimum atomic E-state index is -0.864. The summed E-state index contributed by atoms with van der Waals surface area (Å²) < 4.78 is 5.30. The van der Waals surface area contributed by atoms with E-state index in [2.05, 4.69) is 18.7 Å². The van der Waals surface area contributed by atoms with Gasteiger partial charge in [-0.15, -0.1) is 0 Å². The molecule has 1 saturated carbocycles. The van der Waals surface area contributed by atoms with Gasteiger partial charge in [-0.05, 0) is 30.7 Å². The average molecular weight is 358 g/mol. The number of amides is 2. The number of carbonyl (C=O) groups excluding carboxylic acids is 1. The van der Waals surface area contributed by atoms with Crippen molar-refractivity contribution in [3.8, 4) is 0 Å². The number of hydrogen-bond acceptors (Lipinski definition) is 3. The SMILES string of the molecule is C=CCOC(=O)N(CC1CCN(C(=O)O)CC1)C1CC1c1ccccc1. The maximum atomic E-state index is 12.6. The van der Waals surface area contributed by atoms with Gasteiger partial charge in [0.1, 0.15) is 6.61 Å². The molecule has 6 heteroatoms. The normalized spacial score (nSPS) is 22.5. The summed E-state index contributed by atoms with van der Waals surface area (Å²) in [6, 6.07) is 10.4. The molecule has 0 aromatic heterocycles. The van der Waals surface area contributed by atoms with Crippen molar-refractivity contribution in [1.29, 1.82) is 0 Å². The lowest BCUT2D eigenvalue weighted by Gasteiger charge is -2.33. The summed E-state index contributed by atoms with van der Waals surface area (Å²) in [6.07, 6.45) is 2.91. The van der Waals surface area contributed by atoms with E-state index in [1.807, 2.05) is 23.1 Å². The Bertz CT molecular complexity index is 640. The summed E-state index contributed by atoms with van der Waals surface area (Å²) in [5.41, 5.74) is 1.25. The molecule has 2 atom stereocenters. The molecule has 2 fully saturated rings. The van der Waals surface area contributed by atoms with Crippen LogP contribution in [0.25, 0.3) is 0 Å². The summed E-state index contributed by atoms with van der Waals surface area (Å²) in [7, 11) is 0. The van der Waals surface area contributed by atoms with Gasteiger partial charge in [-0.3, -0.25) is 0 Å². The molecule has 1 heterocycles. The van der Waals surface area contributed by atoms with E-state index in [9.17, 15) is 9.59 Å². The van der Waals surface area contributed by atoms with Gasteiger partial charge < -0.3 is 19.6 Å². The Morgan fingerprint density at radius 1 is 1.27 bits per heavy atom. The van der Waals surface area contributed by atoms with Gasteiger partial charge >= 0.3 is 12.2 Å². The molecule has 3 rings (SSSR count). The number of piperidine rings is 1. The second-order valence-corrected chi connectivity index (χ2v) is 7.05. The lowest BCUT2D eigenvalue weighted by atomic mass is 9.96. The van der Waals surface area contributed by atoms with Gasteiger partial charge in [-0.1, -0.05) is 43.0 Å². The van der Waals surface area contributed by atoms with E-state index in [1.54, 1.807) is 6.08 Å². The first-order chi connectivity index (χ1) is 12.6. The van der Waals surface area contributed by atoms with E-state index >= 15 is 0 Å². The van der Waals surface area contributed by atoms with Crippen LogP contribution < -0.4 is 0 Å². The smallest absolute Gasteiger partial charge is 0.410 e. The average Bonchev–Trinajstić information content (AvgIpc) is 3.45. The Balaban J connectivity index is 1.62. The number of ether oxygens (including phenoxy) is 1. The number of hydrogen-bond donors (Lipinski definition) is 1. The monoisotopic (exact) mass is 358 g/mol. The summed E-state index contributed by atoms with van der Waals surface area (Å²) in [5, 5.41) is 9.08. The zero-order valence-electron chi connectivity index (χ0n) is 14.9. The van der Waals surface area contributed by atoms with Crippen LogP contribution in [-0.2, 0) is 4.74 Å². The zero-order chi connectivity index (χ0) is 18.5. The third-order valence-electron chi connectivity index (χ3n) is 5.28. The van der Waals surface area contributed by atoms with Gasteiger partial charge in [-0.2, -0.15) is 0 Å². The molecule has 26 heavy (non-hydrogen) atoms. The number of rotatable bonds is 6. The van der Waals surface area contributed by atoms with Crippen molar-refractivity contribution in [2.24, 2.45) is 5.92 Å². The number of benzene rings is 1. The standard InChI is InChI=1S/C20H26N2O4/c1-2-12-26-20(25)22(14-15-8-10-21(11-9-15)19(23)24)18-13-17(18)16-6-4-3-5-7-16/h2-7,15,17-18H,1,8-14H2,(H,23,24). The second kappa shape index (κ2) is 8.25. The van der Waals surface area contributed by atoms with Crippen LogP contribution in [-0.4, -0.2) is 59.4 Å². The summed E-state index contributed by atoms with van der Waals surface area (Å²) in [4.78, 5) is 26.9. The predicted octanol–water partition coefficient (Wildman–Crippen LogP) is 3.56. The fourth-order valence-electron chi connectivity index (χ4n) is 3.73. The lowest BCUT2D eigenvalue weighted by Crippen LogP contribution is -2.43. The topological polar surface area (TPSA) is 70.1 Å². The highest BCUT2D eigenvalue weighted by molar-refractivity contribution is 5.69. The van der Waals surface area contributed by atoms with Crippen LogP contribution in [0, 0.1) is 5.92 Å². The molecule has 1 N–H and O–H groups in total. The van der Waals surface area contributed by atoms with Crippen LogP contribution >= 0.6 is 0 Å². The number of likely N-dealkylation sites (tertiary alicyclic amines) is 1. The van der Waals surface area contributed by atoms with Gasteiger partial charge in [0.25, 0.3) is 0 Å². The molecule has 1 aromatic rings. The highest BCUT2D eigenvalue weighted by Gasteiger charge is 2.46. The predicted molar refractivity (Wildman–Crippen MR) is 98.2 cm³/mol. The van der Waals surface area contributed by atoms with Crippen LogP contribution in [0.1, 0.15) is 30.7 Å². The van der Waals surface area contributed by atoms with Crippen LogP contribution in [0.5, 0.6) is 0 Å². The van der Waals surface area contributed by atoms with E-state index in [0.29, 0.717) is 31.5 Å². The lowest BCUT2D eigenvalue weighted by molar-refractivity contribution is 0.0867. The molecule has 140 valence electrons. The molecule has 2 amide bonds. The van der Waals surface area contributed by atoms with E-state index in [1.165, 1.54) is 10.5 Å². The zero-order valence-corrected chi connectivity index (χ0v) is 14.9. The Morgan fingerprint density at radius 2 is 1.96 bits per heavy atom. The van der Waals surface area contributed by atoms with Gasteiger partial charge in [0.05, 0.1) is 0 Å². The molecule has 2 unspecified atom stereocenters. The van der Waals surface area contributed by atoms with Crippen molar-refractivity contribution in [3.05, 3.63) is 48.6 Å². The first-order valence-corrected chi connectivity index (χ1v) is 9.17. The fraction of sp³-hybridized carbons (Fsp3) is 0.500. The van der Waals surface area contributed by atoms with Crippen molar-refractivity contribution < 1.29 is 19.4 Å². The minimum Gasteiger partial charge on any atom is -0.465 e. The maximum Gasteiger partial charge on any atom is 0.410 e. The molecular formula is C20H26N2O4. The summed E-state index contributed by atoms with van der Waals surface area (Å²) >= 11 is 0. The van der Waals surface area contributed by atoms with Crippen LogP contribution in [0.3, 0.4) is 0 Å². The minimum absolute atomic E-state index is 0.159. The Kier molecular flexibility index (Phi) is 5.81. The molecule has 1 aliphatic carbocycles. The Morgan fingerprint density at radius 3 is 2.58 bits per heavy atom. The molecule has 0 bridgehead atoms. The molecule has 1 aromatic carbocycles. The van der Waals surface area contributed by atoms with Gasteiger partial charge in [0, 0.05) is 31.6 Å². The summed E-state index contributed by atoms with van der Waals surface area (Å²) in [5.74, 6) is 0.658. The first-order valence-electron chi connectivity index (χ1n) is 9.17. The van der Waals surface area contributed by atoms with Gasteiger partial charge in [0.2, 0.25) is 0 Å². The van der Waals surface area contributed by atoms with E-state index in [-0.39, 0.29) is 18.7 Å². The quantitative estimate of drug-likeness (QED) is 0.790. The van der Waals surface area contributed by atoms with Crippen LogP contribution in [0.15, 0.2) is 43.0 Å². The highest BCUT2D eigenvalue weighted by Crippen LogP contribution is 2.45. The number of carboxylic acid groups (broad SMARTS) is 1. The molecular weight excluding hydrogens is 332 g/mol. The molecule has 0 radical (unpaired) electrons. The third kappa shape index (κ3) is 4.36. The maximum absolute atomic E-state index is 12.6. The van der Waals surface area contributed by atoms with E-state index in [0.717, 1.165) is 19.3 Å². The number of carbonyl (C=O) groups is 2. The van der Waals surface area contributed by atoms with Crippen molar-refractivity contribution in [1.82, 2.24) is 9.80 Å². The van der Waals surface area contributed by atoms with Gasteiger partial charge in [-0.25, -0.2) is 9.59 Å². The molecule has 2 aliphatic rings. The van der Waals surface area contributed by atoms with Crippen molar-refractivity contribution in [2.45, 2.75) is 31.2 Å². The van der Waals surface area contributed by atoms with Gasteiger partial charge in [0.15, 0.2) is 0 Å². The molecule has 1 aliphatic heterocycles. The van der Waals surface area contributed by atoms with Crippen LogP contribution in [0.4, 0.5) is 9.59 Å². The molecule has 6 nitrogen and oxygen atoms in total. The molecule has 0 spiro atoms. The fourth-order valence-corrected chi connectivity index (χ4v) is 3.73. The second-order valence-electron chi connectivity index (χ2n) is 7.05. The molecule has 1 saturated heterocycles. The highest BCUT2D eigenvalue weighted by atomic mass is 16.6. The Labute approximate surface area is 154 Å². The van der Waals surface area contributed by atoms with Crippen molar-refractivity contribution >= 4 is 12.2 Å².